The number of hydrogen-bond acceptors (Lipinski definition) is 4. The van der Waals surface area contributed by atoms with Crippen LogP contribution < -0.4 is 10.2 Å². The Labute approximate surface area is 159 Å². The van der Waals surface area contributed by atoms with Crippen molar-refractivity contribution in [1.82, 2.24) is 20.0 Å². The number of carbonyl (C=O) groups excluding carboxylic acids is 1. The molecule has 0 atom stereocenters. The Kier molecular flexibility index (Phi) is 5.74. The van der Waals surface area contributed by atoms with E-state index in [9.17, 15) is 4.79 Å². The summed E-state index contributed by atoms with van der Waals surface area (Å²) >= 11 is 5.22. The van der Waals surface area contributed by atoms with Gasteiger partial charge in [0.1, 0.15) is 6.54 Å². The van der Waals surface area contributed by atoms with Crippen LogP contribution in [0.2, 0.25) is 0 Å². The molecular weight excluding hydrogens is 404 g/mol. The lowest BCUT2D eigenvalue weighted by Gasteiger charge is -2.35. The number of anilines is 1. The lowest BCUT2D eigenvalue weighted by molar-refractivity contribution is -0.120. The third kappa shape index (κ3) is 4.40. The number of piperazine rings is 1. The molecule has 1 saturated heterocycles. The molecule has 25 heavy (non-hydrogen) atoms. The van der Waals surface area contributed by atoms with E-state index in [1.54, 1.807) is 34.2 Å². The summed E-state index contributed by atoms with van der Waals surface area (Å²) in [4.78, 5) is 21.9. The Hall–Kier alpha value is -1.87. The molecule has 0 bridgehead atoms. The van der Waals surface area contributed by atoms with Crippen molar-refractivity contribution in [3.8, 4) is 0 Å². The third-order valence-corrected chi connectivity index (χ3v) is 5.70. The van der Waals surface area contributed by atoms with E-state index in [-0.39, 0.29) is 5.91 Å². The van der Waals surface area contributed by atoms with Crippen LogP contribution in [0.1, 0.15) is 4.88 Å². The summed E-state index contributed by atoms with van der Waals surface area (Å²) in [7, 11) is 3.60. The summed E-state index contributed by atoms with van der Waals surface area (Å²) in [6, 6.07) is 4.18. The van der Waals surface area contributed by atoms with Crippen LogP contribution in [0, 0.1) is 0 Å². The van der Waals surface area contributed by atoms with E-state index < -0.39 is 0 Å². The second-order valence-corrected chi connectivity index (χ2v) is 8.32. The second kappa shape index (κ2) is 8.01. The van der Waals surface area contributed by atoms with Crippen molar-refractivity contribution in [3.63, 3.8) is 0 Å². The highest BCUT2D eigenvalue weighted by atomic mass is 79.9. The minimum atomic E-state index is 0.0596. The molecule has 0 aromatic carbocycles. The summed E-state index contributed by atoms with van der Waals surface area (Å²) in [6.07, 6.45) is 4.51. The van der Waals surface area contributed by atoms with Crippen molar-refractivity contribution in [2.45, 2.75) is 6.42 Å². The smallest absolute Gasteiger partial charge is 0.246 e. The normalized spacial score (nSPS) is 15.8. The predicted molar refractivity (Wildman–Crippen MR) is 104 cm³/mol. The fourth-order valence-electron chi connectivity index (χ4n) is 2.79. The highest BCUT2D eigenvalue weighted by molar-refractivity contribution is 9.11. The molecule has 1 aliphatic rings. The summed E-state index contributed by atoms with van der Waals surface area (Å²) < 4.78 is 2.85. The molecule has 2 aromatic heterocycles. The number of amides is 1. The van der Waals surface area contributed by atoms with Crippen LogP contribution in [0.15, 0.2) is 33.3 Å². The number of nitrogens with zero attached hydrogens (tertiary/aromatic N) is 5. The fourth-order valence-corrected chi connectivity index (χ4v) is 4.27. The van der Waals surface area contributed by atoms with E-state index in [2.05, 4.69) is 43.5 Å². The molecule has 0 unspecified atom stereocenters. The topological polar surface area (TPSA) is 65.8 Å². The van der Waals surface area contributed by atoms with Crippen LogP contribution in [0.4, 0.5) is 5.69 Å². The van der Waals surface area contributed by atoms with E-state index in [4.69, 9.17) is 0 Å². The number of aliphatic imine (C=N–C) groups is 1. The summed E-state index contributed by atoms with van der Waals surface area (Å²) in [5.74, 6) is 0.833. The Balaban J connectivity index is 1.53. The van der Waals surface area contributed by atoms with Gasteiger partial charge in [0, 0.05) is 44.8 Å². The van der Waals surface area contributed by atoms with Crippen molar-refractivity contribution < 1.29 is 4.79 Å². The van der Waals surface area contributed by atoms with Crippen molar-refractivity contribution in [1.29, 1.82) is 0 Å². The Morgan fingerprint density at radius 3 is 2.88 bits per heavy atom. The molecule has 1 aliphatic heterocycles. The number of guanidine groups is 1. The number of nitrogens with one attached hydrogen (secondary N) is 1. The Morgan fingerprint density at radius 2 is 2.28 bits per heavy atom. The first-order valence-electron chi connectivity index (χ1n) is 8.05. The third-order valence-electron chi connectivity index (χ3n) is 4.02. The van der Waals surface area contributed by atoms with Gasteiger partial charge in [-0.1, -0.05) is 0 Å². The number of carbonyl (C=O) groups is 1. The second-order valence-electron chi connectivity index (χ2n) is 5.77. The molecule has 0 radical (unpaired) electrons. The molecule has 1 amide bonds. The van der Waals surface area contributed by atoms with Crippen LogP contribution in [0.25, 0.3) is 0 Å². The monoisotopic (exact) mass is 424 g/mol. The fraction of sp³-hybridized carbons (Fsp3) is 0.438. The molecule has 3 rings (SSSR count). The van der Waals surface area contributed by atoms with Gasteiger partial charge in [0.05, 0.1) is 15.7 Å². The van der Waals surface area contributed by atoms with Gasteiger partial charge in [0.2, 0.25) is 5.91 Å². The lowest BCUT2D eigenvalue weighted by atomic mass is 10.3. The van der Waals surface area contributed by atoms with Gasteiger partial charge >= 0.3 is 0 Å². The van der Waals surface area contributed by atoms with Gasteiger partial charge in [0.25, 0.3) is 0 Å². The van der Waals surface area contributed by atoms with E-state index in [1.165, 1.54) is 4.88 Å². The molecule has 9 heteroatoms. The number of aryl methyl sites for hydroxylation is 1. The van der Waals surface area contributed by atoms with Crippen molar-refractivity contribution in [3.05, 3.63) is 33.2 Å². The van der Waals surface area contributed by atoms with Crippen molar-refractivity contribution in [2.24, 2.45) is 12.0 Å². The maximum absolute atomic E-state index is 12.5. The number of halogens is 1. The van der Waals surface area contributed by atoms with Gasteiger partial charge in [-0.2, -0.15) is 5.10 Å². The summed E-state index contributed by atoms with van der Waals surface area (Å²) in [6.45, 7) is 2.48. The van der Waals surface area contributed by atoms with Crippen molar-refractivity contribution in [2.75, 3.05) is 38.1 Å². The molecule has 0 spiro atoms. The number of hydrogen-bond donors (Lipinski definition) is 1. The molecular formula is C16H21BrN6OS. The minimum Gasteiger partial charge on any atom is -0.356 e. The lowest BCUT2D eigenvalue weighted by Crippen LogP contribution is -2.55. The zero-order chi connectivity index (χ0) is 17.8. The zero-order valence-corrected chi connectivity index (χ0v) is 16.7. The average molecular weight is 425 g/mol. The molecule has 1 fully saturated rings. The van der Waals surface area contributed by atoms with Gasteiger partial charge in [-0.15, -0.1) is 11.3 Å². The quantitative estimate of drug-likeness (QED) is 0.599. The van der Waals surface area contributed by atoms with Gasteiger partial charge in [-0.3, -0.25) is 14.5 Å². The summed E-state index contributed by atoms with van der Waals surface area (Å²) in [5, 5.41) is 7.49. The standard InChI is InChI=1S/C16H21BrN6OS/c1-18-16(19-6-5-13-3-4-14(17)25-13)22-7-8-23(15(24)11-22)12-9-20-21(2)10-12/h3-4,9-10H,5-8,11H2,1-2H3,(H,18,19). The van der Waals surface area contributed by atoms with Gasteiger partial charge in [0.15, 0.2) is 5.96 Å². The van der Waals surface area contributed by atoms with E-state index >= 15 is 0 Å². The Bertz CT molecular complexity index is 770. The minimum absolute atomic E-state index is 0.0596. The molecule has 0 saturated carbocycles. The molecule has 2 aromatic rings. The van der Waals surface area contributed by atoms with Gasteiger partial charge < -0.3 is 15.1 Å². The first-order valence-corrected chi connectivity index (χ1v) is 9.66. The molecule has 134 valence electrons. The SMILES string of the molecule is CN=C(NCCc1ccc(Br)s1)N1CCN(c2cnn(C)c2)C(=O)C1. The molecule has 7 nitrogen and oxygen atoms in total. The average Bonchev–Trinajstić information content (AvgIpc) is 3.20. The van der Waals surface area contributed by atoms with E-state index in [0.717, 1.165) is 34.9 Å². The Morgan fingerprint density at radius 1 is 1.44 bits per heavy atom. The molecule has 0 aliphatic carbocycles. The van der Waals surface area contributed by atoms with Gasteiger partial charge in [-0.05, 0) is 34.5 Å². The van der Waals surface area contributed by atoms with Crippen LogP contribution in [-0.2, 0) is 18.3 Å². The first kappa shape index (κ1) is 17.9. The maximum atomic E-state index is 12.5. The largest absolute Gasteiger partial charge is 0.356 e. The molecule has 1 N–H and O–H groups in total. The van der Waals surface area contributed by atoms with E-state index in [1.807, 2.05) is 18.1 Å². The van der Waals surface area contributed by atoms with Crippen LogP contribution >= 0.6 is 27.3 Å². The first-order chi connectivity index (χ1) is 12.1. The van der Waals surface area contributed by atoms with Crippen LogP contribution in [0.3, 0.4) is 0 Å². The number of thiophene rings is 1. The highest BCUT2D eigenvalue weighted by Gasteiger charge is 2.27. The number of aromatic nitrogens is 2. The predicted octanol–water partition coefficient (Wildman–Crippen LogP) is 1.71. The maximum Gasteiger partial charge on any atom is 0.246 e. The molecule has 3 heterocycles. The van der Waals surface area contributed by atoms with E-state index in [0.29, 0.717) is 13.1 Å². The zero-order valence-electron chi connectivity index (χ0n) is 14.3. The van der Waals surface area contributed by atoms with Crippen LogP contribution in [-0.4, -0.2) is 59.8 Å². The van der Waals surface area contributed by atoms with Gasteiger partial charge in [-0.25, -0.2) is 0 Å². The van der Waals surface area contributed by atoms with Crippen LogP contribution in [0.5, 0.6) is 0 Å². The number of rotatable bonds is 4. The highest BCUT2D eigenvalue weighted by Crippen LogP contribution is 2.22. The van der Waals surface area contributed by atoms with Crippen molar-refractivity contribution >= 4 is 44.8 Å². The summed E-state index contributed by atoms with van der Waals surface area (Å²) in [5.41, 5.74) is 0.846.